The number of hydrogen-bond acceptors (Lipinski definition) is 3. The van der Waals surface area contributed by atoms with E-state index in [2.05, 4.69) is 0 Å². The van der Waals surface area contributed by atoms with Gasteiger partial charge in [0.15, 0.2) is 0 Å². The minimum absolute atomic E-state index is 0.235. The van der Waals surface area contributed by atoms with Gasteiger partial charge in [0, 0.05) is 33.4 Å². The zero-order valence-corrected chi connectivity index (χ0v) is 11.7. The second-order valence-corrected chi connectivity index (χ2v) is 4.76. The Kier molecular flexibility index (Phi) is 4.86. The number of hydrogen-bond donors (Lipinski definition) is 1. The number of rotatable bonds is 4. The molecule has 1 aromatic rings. The van der Waals surface area contributed by atoms with Crippen LogP contribution in [0.4, 0.5) is 24.5 Å². The highest BCUT2D eigenvalue weighted by Gasteiger charge is 2.28. The molecule has 0 bridgehead atoms. The second-order valence-electron chi connectivity index (χ2n) is 4.76. The van der Waals surface area contributed by atoms with Gasteiger partial charge in [0.25, 0.3) is 5.91 Å². The molecule has 0 aliphatic rings. The van der Waals surface area contributed by atoms with Gasteiger partial charge >= 0.3 is 6.18 Å². The largest absolute Gasteiger partial charge is 0.399 e. The van der Waals surface area contributed by atoms with Gasteiger partial charge in [0.2, 0.25) is 0 Å². The van der Waals surface area contributed by atoms with Gasteiger partial charge in [-0.25, -0.2) is 0 Å². The highest BCUT2D eigenvalue weighted by atomic mass is 19.4. The molecule has 112 valence electrons. The van der Waals surface area contributed by atoms with Crippen LogP contribution >= 0.6 is 0 Å². The third-order valence-electron chi connectivity index (χ3n) is 2.80. The van der Waals surface area contributed by atoms with Crippen LogP contribution in [0.1, 0.15) is 16.8 Å². The predicted octanol–water partition coefficient (Wildman–Crippen LogP) is 2.36. The molecule has 0 spiro atoms. The number of amides is 1. The van der Waals surface area contributed by atoms with Gasteiger partial charge in [0.1, 0.15) is 0 Å². The summed E-state index contributed by atoms with van der Waals surface area (Å²) in [6.07, 6.45) is -5.19. The van der Waals surface area contributed by atoms with Crippen molar-refractivity contribution in [2.75, 3.05) is 38.3 Å². The van der Waals surface area contributed by atoms with Crippen LogP contribution in [-0.2, 0) is 0 Å². The summed E-state index contributed by atoms with van der Waals surface area (Å²) in [5.74, 6) is -0.279. The van der Waals surface area contributed by atoms with Crippen LogP contribution in [0, 0.1) is 0 Å². The molecule has 0 fully saturated rings. The first-order valence-corrected chi connectivity index (χ1v) is 6.01. The van der Waals surface area contributed by atoms with Gasteiger partial charge in [-0.05, 0) is 18.2 Å². The van der Waals surface area contributed by atoms with Crippen LogP contribution < -0.4 is 10.6 Å². The summed E-state index contributed by atoms with van der Waals surface area (Å²) < 4.78 is 36.8. The number of halogens is 3. The molecule has 1 rings (SSSR count). The predicted molar refractivity (Wildman–Crippen MR) is 72.8 cm³/mol. The van der Waals surface area contributed by atoms with Gasteiger partial charge in [-0.15, -0.1) is 0 Å². The smallest absolute Gasteiger partial charge is 0.390 e. The Labute approximate surface area is 116 Å². The fourth-order valence-electron chi connectivity index (χ4n) is 1.70. The fraction of sp³-hybridized carbons (Fsp3) is 0.462. The number of benzene rings is 1. The van der Waals surface area contributed by atoms with Crippen molar-refractivity contribution in [3.63, 3.8) is 0 Å². The van der Waals surface area contributed by atoms with Gasteiger partial charge < -0.3 is 15.5 Å². The average Bonchev–Trinajstić information content (AvgIpc) is 2.34. The number of nitrogens with two attached hydrogens (primary N) is 1. The minimum Gasteiger partial charge on any atom is -0.399 e. The second kappa shape index (κ2) is 6.02. The summed E-state index contributed by atoms with van der Waals surface area (Å²) in [6.45, 7) is -0.235. The number of carbonyl (C=O) groups excluding carboxylic acids is 1. The number of carbonyl (C=O) groups is 1. The lowest BCUT2D eigenvalue weighted by Gasteiger charge is -2.24. The average molecular weight is 289 g/mol. The normalized spacial score (nSPS) is 11.3. The molecule has 0 saturated heterocycles. The van der Waals surface area contributed by atoms with Crippen LogP contribution in [0.3, 0.4) is 0 Å². The zero-order valence-electron chi connectivity index (χ0n) is 11.7. The number of alkyl halides is 3. The van der Waals surface area contributed by atoms with E-state index in [1.807, 2.05) is 0 Å². The van der Waals surface area contributed by atoms with Crippen LogP contribution in [0.15, 0.2) is 18.2 Å². The van der Waals surface area contributed by atoms with Crippen molar-refractivity contribution in [3.05, 3.63) is 23.8 Å². The van der Waals surface area contributed by atoms with Crippen molar-refractivity contribution < 1.29 is 18.0 Å². The first-order valence-electron chi connectivity index (χ1n) is 6.01. The van der Waals surface area contributed by atoms with Crippen molar-refractivity contribution in [2.45, 2.75) is 12.6 Å². The molecule has 0 aliphatic heterocycles. The number of anilines is 2. The van der Waals surface area contributed by atoms with Gasteiger partial charge in [-0.2, -0.15) is 13.2 Å². The number of nitrogen functional groups attached to an aromatic ring is 1. The molecule has 0 unspecified atom stereocenters. The molecule has 0 aliphatic carbocycles. The molecule has 1 aromatic carbocycles. The maximum absolute atomic E-state index is 12.3. The third kappa shape index (κ3) is 4.32. The molecule has 0 radical (unpaired) electrons. The maximum atomic E-state index is 12.3. The molecule has 7 heteroatoms. The van der Waals surface area contributed by atoms with Crippen LogP contribution in [0.25, 0.3) is 0 Å². The fourth-order valence-corrected chi connectivity index (χ4v) is 1.70. The molecule has 1 amide bonds. The van der Waals surface area contributed by atoms with E-state index >= 15 is 0 Å². The van der Waals surface area contributed by atoms with E-state index in [9.17, 15) is 18.0 Å². The van der Waals surface area contributed by atoms with E-state index < -0.39 is 12.6 Å². The summed E-state index contributed by atoms with van der Waals surface area (Å²) in [5, 5.41) is 0. The molecular weight excluding hydrogens is 271 g/mol. The molecule has 0 aromatic heterocycles. The van der Waals surface area contributed by atoms with Gasteiger partial charge in [-0.1, -0.05) is 0 Å². The molecule has 0 saturated carbocycles. The number of nitrogens with zero attached hydrogens (tertiary/aromatic N) is 2. The monoisotopic (exact) mass is 289 g/mol. The van der Waals surface area contributed by atoms with E-state index in [1.54, 1.807) is 20.2 Å². The Morgan fingerprint density at radius 1 is 1.25 bits per heavy atom. The maximum Gasteiger partial charge on any atom is 0.390 e. The highest BCUT2D eigenvalue weighted by molar-refractivity contribution is 6.00. The van der Waals surface area contributed by atoms with Crippen LogP contribution in [-0.4, -0.2) is 44.7 Å². The first-order chi connectivity index (χ1) is 9.11. The molecule has 0 heterocycles. The van der Waals surface area contributed by atoms with E-state index in [0.29, 0.717) is 16.9 Å². The van der Waals surface area contributed by atoms with E-state index in [1.165, 1.54) is 29.0 Å². The zero-order chi connectivity index (χ0) is 15.5. The van der Waals surface area contributed by atoms with Crippen molar-refractivity contribution in [1.82, 2.24) is 4.90 Å². The Morgan fingerprint density at radius 2 is 1.85 bits per heavy atom. The Morgan fingerprint density at radius 3 is 2.35 bits per heavy atom. The van der Waals surface area contributed by atoms with Crippen LogP contribution in [0.5, 0.6) is 0 Å². The Balaban J connectivity index is 3.03. The van der Waals surface area contributed by atoms with Crippen molar-refractivity contribution in [2.24, 2.45) is 0 Å². The summed E-state index contributed by atoms with van der Waals surface area (Å²) in [4.78, 5) is 14.8. The lowest BCUT2D eigenvalue weighted by molar-refractivity contribution is -0.132. The van der Waals surface area contributed by atoms with Gasteiger partial charge in [0.05, 0.1) is 17.7 Å². The van der Waals surface area contributed by atoms with Crippen molar-refractivity contribution in [3.8, 4) is 0 Å². The third-order valence-corrected chi connectivity index (χ3v) is 2.80. The Bertz CT molecular complexity index is 486. The summed E-state index contributed by atoms with van der Waals surface area (Å²) >= 11 is 0. The summed E-state index contributed by atoms with van der Waals surface area (Å²) in [6, 6.07) is 4.59. The molecule has 0 atom stereocenters. The highest BCUT2D eigenvalue weighted by Crippen LogP contribution is 2.26. The minimum atomic E-state index is -4.24. The van der Waals surface area contributed by atoms with E-state index in [4.69, 9.17) is 5.73 Å². The molecular formula is C13H18F3N3O. The summed E-state index contributed by atoms with van der Waals surface area (Å²) in [7, 11) is 4.67. The lowest BCUT2D eigenvalue weighted by Crippen LogP contribution is -2.28. The molecule has 2 N–H and O–H groups in total. The Hall–Kier alpha value is -1.92. The lowest BCUT2D eigenvalue weighted by atomic mass is 10.1. The molecule has 20 heavy (non-hydrogen) atoms. The standard InChI is InChI=1S/C13H18F3N3O/c1-18(2)12(20)10-5-4-9(17)8-11(10)19(3)7-6-13(14,15)16/h4-5,8H,6-7,17H2,1-3H3. The van der Waals surface area contributed by atoms with Crippen molar-refractivity contribution >= 4 is 17.3 Å². The van der Waals surface area contributed by atoms with Crippen molar-refractivity contribution in [1.29, 1.82) is 0 Å². The van der Waals surface area contributed by atoms with Crippen LogP contribution in [0.2, 0.25) is 0 Å². The van der Waals surface area contributed by atoms with E-state index in [-0.39, 0.29) is 12.5 Å². The first kappa shape index (κ1) is 16.1. The molecule has 4 nitrogen and oxygen atoms in total. The summed E-state index contributed by atoms with van der Waals surface area (Å²) in [5.41, 5.74) is 6.77. The quantitative estimate of drug-likeness (QED) is 0.866. The topological polar surface area (TPSA) is 49.6 Å². The van der Waals surface area contributed by atoms with Gasteiger partial charge in [-0.3, -0.25) is 4.79 Å². The van der Waals surface area contributed by atoms with E-state index in [0.717, 1.165) is 0 Å². The SMILES string of the molecule is CN(C)C(=O)c1ccc(N)cc1N(C)CCC(F)(F)F.